The highest BCUT2D eigenvalue weighted by Crippen LogP contribution is 2.29. The van der Waals surface area contributed by atoms with Crippen LogP contribution in [0.5, 0.6) is 11.5 Å². The van der Waals surface area contributed by atoms with Gasteiger partial charge in [-0.3, -0.25) is 4.79 Å². The molecule has 0 saturated carbocycles. The first kappa shape index (κ1) is 19.9. The van der Waals surface area contributed by atoms with Gasteiger partial charge in [0.1, 0.15) is 0 Å². The number of halogens is 1. The minimum Gasteiger partial charge on any atom is -0.490 e. The second-order valence-corrected chi connectivity index (χ2v) is 6.11. The van der Waals surface area contributed by atoms with E-state index < -0.39 is 0 Å². The molecule has 0 bridgehead atoms. The Kier molecular flexibility index (Phi) is 8.03. The van der Waals surface area contributed by atoms with E-state index in [9.17, 15) is 4.79 Å². The van der Waals surface area contributed by atoms with E-state index in [2.05, 4.69) is 12.2 Å². The van der Waals surface area contributed by atoms with Crippen molar-refractivity contribution >= 4 is 29.3 Å². The fourth-order valence-electron chi connectivity index (χ4n) is 2.23. The van der Waals surface area contributed by atoms with Gasteiger partial charge in [-0.2, -0.15) is 0 Å². The molecule has 0 aliphatic carbocycles. The average molecular weight is 374 g/mol. The van der Waals surface area contributed by atoms with Crippen LogP contribution in [0.2, 0.25) is 5.02 Å². The molecular formula is C21H24ClNO3. The van der Waals surface area contributed by atoms with Crippen molar-refractivity contribution in [3.63, 3.8) is 0 Å². The maximum atomic E-state index is 12.0. The fourth-order valence-corrected chi connectivity index (χ4v) is 2.36. The summed E-state index contributed by atoms with van der Waals surface area (Å²) in [6.45, 7) is 5.26. The minimum atomic E-state index is -0.214. The summed E-state index contributed by atoms with van der Waals surface area (Å²) in [6.07, 6.45) is 5.30. The number of nitrogens with one attached hydrogen (secondary N) is 1. The molecule has 0 fully saturated rings. The van der Waals surface area contributed by atoms with Crippen LogP contribution in [-0.4, -0.2) is 19.1 Å². The van der Waals surface area contributed by atoms with Gasteiger partial charge in [-0.1, -0.05) is 31.0 Å². The summed E-state index contributed by atoms with van der Waals surface area (Å²) < 4.78 is 11.4. The summed E-state index contributed by atoms with van der Waals surface area (Å²) in [5, 5.41) is 3.41. The Hall–Kier alpha value is -2.46. The van der Waals surface area contributed by atoms with Crippen molar-refractivity contribution < 1.29 is 14.3 Å². The maximum Gasteiger partial charge on any atom is 0.248 e. The lowest BCUT2D eigenvalue weighted by atomic mass is 10.2. The average Bonchev–Trinajstić information content (AvgIpc) is 2.64. The quantitative estimate of drug-likeness (QED) is 0.461. The Bertz CT molecular complexity index is 741. The number of anilines is 1. The van der Waals surface area contributed by atoms with Gasteiger partial charge in [0.2, 0.25) is 5.91 Å². The Morgan fingerprint density at radius 3 is 2.54 bits per heavy atom. The Morgan fingerprint density at radius 1 is 1.08 bits per heavy atom. The van der Waals surface area contributed by atoms with Crippen LogP contribution in [0.3, 0.4) is 0 Å². The van der Waals surface area contributed by atoms with Crippen molar-refractivity contribution in [1.82, 2.24) is 0 Å². The van der Waals surface area contributed by atoms with Crippen molar-refractivity contribution in [2.75, 3.05) is 18.5 Å². The first-order valence-electron chi connectivity index (χ1n) is 8.76. The lowest BCUT2D eigenvalue weighted by Gasteiger charge is -2.12. The van der Waals surface area contributed by atoms with Crippen LogP contribution in [0, 0.1) is 0 Å². The molecule has 0 aliphatic heterocycles. The van der Waals surface area contributed by atoms with Gasteiger partial charge in [-0.15, -0.1) is 0 Å². The highest BCUT2D eigenvalue weighted by molar-refractivity contribution is 6.30. The molecule has 0 aliphatic rings. The first-order valence-corrected chi connectivity index (χ1v) is 9.14. The Balaban J connectivity index is 2.02. The zero-order valence-electron chi connectivity index (χ0n) is 15.1. The van der Waals surface area contributed by atoms with E-state index in [1.807, 2.05) is 25.1 Å². The molecule has 0 aromatic heterocycles. The lowest BCUT2D eigenvalue weighted by molar-refractivity contribution is -0.111. The monoisotopic (exact) mass is 373 g/mol. The highest BCUT2D eigenvalue weighted by atomic mass is 35.5. The Labute approximate surface area is 159 Å². The molecule has 5 heteroatoms. The van der Waals surface area contributed by atoms with Gasteiger partial charge in [0, 0.05) is 16.8 Å². The van der Waals surface area contributed by atoms with Crippen molar-refractivity contribution in [3.05, 3.63) is 59.1 Å². The van der Waals surface area contributed by atoms with Gasteiger partial charge in [-0.25, -0.2) is 0 Å². The Morgan fingerprint density at radius 2 is 1.85 bits per heavy atom. The third kappa shape index (κ3) is 6.45. The zero-order valence-corrected chi connectivity index (χ0v) is 15.9. The number of carbonyl (C=O) groups is 1. The van der Waals surface area contributed by atoms with Gasteiger partial charge in [0.15, 0.2) is 11.5 Å². The molecule has 0 heterocycles. The van der Waals surface area contributed by atoms with Crippen molar-refractivity contribution in [3.8, 4) is 11.5 Å². The number of unbranched alkanes of at least 4 members (excludes halogenated alkanes) is 1. The predicted molar refractivity (Wildman–Crippen MR) is 107 cm³/mol. The van der Waals surface area contributed by atoms with Crippen LogP contribution in [0.15, 0.2) is 48.5 Å². The van der Waals surface area contributed by atoms with Crippen molar-refractivity contribution in [2.45, 2.75) is 26.7 Å². The normalized spacial score (nSPS) is 10.7. The van der Waals surface area contributed by atoms with E-state index in [0.29, 0.717) is 29.7 Å². The van der Waals surface area contributed by atoms with Gasteiger partial charge in [0.25, 0.3) is 0 Å². The van der Waals surface area contributed by atoms with Crippen LogP contribution < -0.4 is 14.8 Å². The molecule has 0 radical (unpaired) electrons. The number of carbonyl (C=O) groups excluding carboxylic acids is 1. The third-order valence-electron chi connectivity index (χ3n) is 3.56. The van der Waals surface area contributed by atoms with E-state index in [1.54, 1.807) is 30.3 Å². The minimum absolute atomic E-state index is 0.214. The second kappa shape index (κ2) is 10.5. The first-order chi connectivity index (χ1) is 12.6. The molecule has 0 saturated heterocycles. The summed E-state index contributed by atoms with van der Waals surface area (Å²) in [7, 11) is 0. The summed E-state index contributed by atoms with van der Waals surface area (Å²) in [4.78, 5) is 12.0. The van der Waals surface area contributed by atoms with E-state index >= 15 is 0 Å². The number of rotatable bonds is 9. The number of amides is 1. The van der Waals surface area contributed by atoms with Crippen LogP contribution >= 0.6 is 11.6 Å². The maximum absolute atomic E-state index is 12.0. The molecule has 26 heavy (non-hydrogen) atoms. The molecule has 0 atom stereocenters. The van der Waals surface area contributed by atoms with Crippen molar-refractivity contribution in [1.29, 1.82) is 0 Å². The van der Waals surface area contributed by atoms with E-state index in [-0.39, 0.29) is 5.91 Å². The van der Waals surface area contributed by atoms with Crippen LogP contribution in [-0.2, 0) is 4.79 Å². The topological polar surface area (TPSA) is 47.6 Å². The van der Waals surface area contributed by atoms with Crippen molar-refractivity contribution in [2.24, 2.45) is 0 Å². The molecule has 138 valence electrons. The number of ether oxygens (including phenoxy) is 2. The van der Waals surface area contributed by atoms with E-state index in [4.69, 9.17) is 21.1 Å². The second-order valence-electron chi connectivity index (χ2n) is 5.67. The van der Waals surface area contributed by atoms with E-state index in [0.717, 1.165) is 24.2 Å². The fraction of sp³-hybridized carbons (Fsp3) is 0.286. The standard InChI is InChI=1S/C21H24ClNO3/c1-3-5-14-26-19-12-6-16(15-20(19)25-4-2)7-13-21(24)23-18-10-8-17(22)9-11-18/h6-13,15H,3-5,14H2,1-2H3,(H,23,24)/b13-7+. The smallest absolute Gasteiger partial charge is 0.248 e. The zero-order chi connectivity index (χ0) is 18.8. The lowest BCUT2D eigenvalue weighted by Crippen LogP contribution is -2.07. The summed E-state index contributed by atoms with van der Waals surface area (Å²) in [6, 6.07) is 12.6. The van der Waals surface area contributed by atoms with Crippen LogP contribution in [0.1, 0.15) is 32.3 Å². The summed E-state index contributed by atoms with van der Waals surface area (Å²) in [5.74, 6) is 1.19. The predicted octanol–water partition coefficient (Wildman–Crippen LogP) is 5.57. The number of benzene rings is 2. The SMILES string of the molecule is CCCCOc1ccc(/C=C/C(=O)Nc2ccc(Cl)cc2)cc1OCC. The van der Waals surface area contributed by atoms with E-state index in [1.165, 1.54) is 6.08 Å². The molecule has 2 aromatic rings. The summed E-state index contributed by atoms with van der Waals surface area (Å²) >= 11 is 5.83. The molecule has 2 rings (SSSR count). The molecule has 0 spiro atoms. The largest absolute Gasteiger partial charge is 0.490 e. The van der Waals surface area contributed by atoms with Crippen LogP contribution in [0.25, 0.3) is 6.08 Å². The van der Waals surface area contributed by atoms with Gasteiger partial charge >= 0.3 is 0 Å². The van der Waals surface area contributed by atoms with Crippen LogP contribution in [0.4, 0.5) is 5.69 Å². The molecule has 2 aromatic carbocycles. The molecule has 1 N–H and O–H groups in total. The molecule has 0 unspecified atom stereocenters. The van der Waals surface area contributed by atoms with Gasteiger partial charge < -0.3 is 14.8 Å². The number of hydrogen-bond donors (Lipinski definition) is 1. The highest BCUT2D eigenvalue weighted by Gasteiger charge is 2.06. The molecule has 4 nitrogen and oxygen atoms in total. The number of hydrogen-bond acceptors (Lipinski definition) is 3. The summed E-state index contributed by atoms with van der Waals surface area (Å²) in [5.41, 5.74) is 1.56. The van der Waals surface area contributed by atoms with Gasteiger partial charge in [-0.05, 0) is 61.4 Å². The molecule has 1 amide bonds. The third-order valence-corrected chi connectivity index (χ3v) is 3.81. The van der Waals surface area contributed by atoms with Gasteiger partial charge in [0.05, 0.1) is 13.2 Å². The molecular weight excluding hydrogens is 350 g/mol.